The van der Waals surface area contributed by atoms with Crippen molar-refractivity contribution in [1.82, 2.24) is 0 Å². The van der Waals surface area contributed by atoms with E-state index in [1.54, 1.807) is 0 Å². The zero-order valence-electron chi connectivity index (χ0n) is 2.78. The Labute approximate surface area is 75.4 Å². The Hall–Kier alpha value is 2.15. The summed E-state index contributed by atoms with van der Waals surface area (Å²) in [6.45, 7) is 0. The van der Waals surface area contributed by atoms with E-state index in [1.165, 1.54) is 0 Å². The fourth-order valence-electron chi connectivity index (χ4n) is 0. The Morgan fingerprint density at radius 3 is 1.20 bits per heavy atom. The van der Waals surface area contributed by atoms with Gasteiger partial charge in [-0.1, -0.05) is 0 Å². The van der Waals surface area contributed by atoms with Crippen molar-refractivity contribution in [2.75, 3.05) is 0 Å². The van der Waals surface area contributed by atoms with E-state index in [0.29, 0.717) is 0 Å². The Balaban J connectivity index is -0.00000000167. The van der Waals surface area contributed by atoms with Crippen LogP contribution in [0.1, 0.15) is 0 Å². The summed E-state index contributed by atoms with van der Waals surface area (Å²) in [5, 5.41) is 0. The zero-order chi connectivity index (χ0) is 2.00. The first-order valence-electron chi connectivity index (χ1n) is 0.577. The fourth-order valence-corrected chi connectivity index (χ4v) is 0. The van der Waals surface area contributed by atoms with Crippen molar-refractivity contribution in [1.29, 1.82) is 0 Å². The van der Waals surface area contributed by atoms with Crippen LogP contribution < -0.4 is 0 Å². The van der Waals surface area contributed by atoms with E-state index in [2.05, 4.69) is 7.44 Å². The second kappa shape index (κ2) is 35.3. The maximum atomic E-state index is 4.64. The summed E-state index contributed by atoms with van der Waals surface area (Å²) in [6.07, 6.45) is 0. The number of rotatable bonds is 0. The Kier molecular flexibility index (Phi) is 192. The molecule has 0 saturated carbocycles. The molecule has 0 aromatic heterocycles. The van der Waals surface area contributed by atoms with Crippen LogP contribution in [-0.2, 0) is 41.2 Å². The van der Waals surface area contributed by atoms with Gasteiger partial charge in [-0.25, -0.2) is 0 Å². The molecular formula is H6AlBSiTiZn. The molecule has 0 saturated heterocycles. The molecule has 0 N–H and O–H groups in total. The Morgan fingerprint density at radius 2 is 1.20 bits per heavy atom. The summed E-state index contributed by atoms with van der Waals surface area (Å²) in [6, 6.07) is 0. The first-order valence-corrected chi connectivity index (χ1v) is 1.73. The molecule has 0 spiro atoms. The van der Waals surface area contributed by atoms with Gasteiger partial charge in [-0.3, -0.25) is 0 Å². The first kappa shape index (κ1) is 27.2. The number of hydrogen-bond acceptors (Lipinski definition) is 0. The van der Waals surface area contributed by atoms with Crippen molar-refractivity contribution in [2.24, 2.45) is 0 Å². The molecule has 0 aromatic rings. The summed E-state index contributed by atoms with van der Waals surface area (Å²) in [5.41, 5.74) is 0. The van der Waals surface area contributed by atoms with Crippen LogP contribution in [0.15, 0.2) is 0 Å². The van der Waals surface area contributed by atoms with Crippen LogP contribution in [0.25, 0.3) is 0 Å². The molecule has 0 rings (SSSR count). The molecule has 0 nitrogen and oxygen atoms in total. The molecule has 2 radical (unpaired) electrons. The molecule has 0 atom stereocenters. The van der Waals surface area contributed by atoms with Crippen LogP contribution >= 0.6 is 0 Å². The van der Waals surface area contributed by atoms with Gasteiger partial charge in [-0.15, -0.1) is 0 Å². The van der Waals surface area contributed by atoms with Crippen molar-refractivity contribution in [3.05, 3.63) is 0 Å². The third-order valence-corrected chi connectivity index (χ3v) is 0. The van der Waals surface area contributed by atoms with Gasteiger partial charge < -0.3 is 0 Å². The zero-order valence-corrected chi connectivity index (χ0v) is 9.31. The standard InChI is InChI=1S/Al.BH3Si.Ti.Zn.3H/c;1-2;;;;;/h;2H3;;;;;. The van der Waals surface area contributed by atoms with Gasteiger partial charge in [0.25, 0.3) is 0 Å². The van der Waals surface area contributed by atoms with Gasteiger partial charge in [0.2, 0.25) is 0 Å². The van der Waals surface area contributed by atoms with E-state index in [1.807, 2.05) is 0 Å². The molecule has 22 valence electrons. The summed E-state index contributed by atoms with van der Waals surface area (Å²) >= 11 is 0. The van der Waals surface area contributed by atoms with E-state index in [0.717, 1.165) is 10.1 Å². The molecule has 0 aromatic carbocycles. The van der Waals surface area contributed by atoms with Crippen LogP contribution in [-0.4, -0.2) is 34.9 Å². The minimum Gasteiger partial charge on any atom is -0.0388 e. The van der Waals surface area contributed by atoms with Crippen molar-refractivity contribution in [3.63, 3.8) is 0 Å². The topological polar surface area (TPSA) is 0 Å². The average molecular weight is 185 g/mol. The first-order chi connectivity index (χ1) is 1.00. The maximum Gasteiger partial charge on any atom is 0.187 e. The van der Waals surface area contributed by atoms with Gasteiger partial charge in [0.1, 0.15) is 0 Å². The summed E-state index contributed by atoms with van der Waals surface area (Å²) in [7, 11) is 5.44. The molecule has 0 bridgehead atoms. The van der Waals surface area contributed by atoms with Gasteiger partial charge >= 0.3 is 0 Å². The van der Waals surface area contributed by atoms with E-state index < -0.39 is 0 Å². The molecule has 0 aliphatic carbocycles. The van der Waals surface area contributed by atoms with Crippen LogP contribution in [0.4, 0.5) is 0 Å². The second-order valence-corrected chi connectivity index (χ2v) is 0. The van der Waals surface area contributed by atoms with Crippen molar-refractivity contribution in [3.8, 4) is 0 Å². The van der Waals surface area contributed by atoms with Gasteiger partial charge in [-0.2, -0.15) is 0 Å². The van der Waals surface area contributed by atoms with E-state index in [-0.39, 0.29) is 58.6 Å². The predicted molar refractivity (Wildman–Crippen MR) is 25.6 cm³/mol. The Bertz CT molecular complexity index is 11.6. The van der Waals surface area contributed by atoms with E-state index in [4.69, 9.17) is 0 Å². The molecule has 0 heterocycles. The van der Waals surface area contributed by atoms with Gasteiger partial charge in [-0.05, 0) is 10.1 Å². The van der Waals surface area contributed by atoms with Crippen LogP contribution in [0.3, 0.4) is 0 Å². The maximum absolute atomic E-state index is 4.64. The van der Waals surface area contributed by atoms with Crippen molar-refractivity contribution in [2.45, 2.75) is 0 Å². The summed E-state index contributed by atoms with van der Waals surface area (Å²) in [5.74, 6) is 0. The molecule has 0 aliphatic heterocycles. The quantitative estimate of drug-likeness (QED) is 0.359. The molecule has 0 amide bonds. The predicted octanol–water partition coefficient (Wildman–Crippen LogP) is -2.75. The summed E-state index contributed by atoms with van der Waals surface area (Å²) in [4.78, 5) is 0. The summed E-state index contributed by atoms with van der Waals surface area (Å²) < 4.78 is 0. The van der Waals surface area contributed by atoms with Crippen LogP contribution in [0.5, 0.6) is 0 Å². The van der Waals surface area contributed by atoms with Crippen LogP contribution in [0.2, 0.25) is 0 Å². The number of hydrogen-bond donors (Lipinski definition) is 0. The van der Waals surface area contributed by atoms with E-state index in [9.17, 15) is 0 Å². The third kappa shape index (κ3) is 22.9. The molecular weight excluding hydrogens is 179 g/mol. The second-order valence-electron chi connectivity index (χ2n) is 0. The normalized spacial score (nSPS) is 1.60. The van der Waals surface area contributed by atoms with E-state index >= 15 is 0 Å². The van der Waals surface area contributed by atoms with Gasteiger partial charge in [0.05, 0.1) is 0 Å². The smallest absolute Gasteiger partial charge is 0.0388 e. The van der Waals surface area contributed by atoms with Crippen molar-refractivity contribution < 1.29 is 41.2 Å². The molecule has 0 aliphatic rings. The van der Waals surface area contributed by atoms with Crippen LogP contribution in [0, 0.1) is 0 Å². The van der Waals surface area contributed by atoms with Crippen molar-refractivity contribution >= 4 is 34.9 Å². The van der Waals surface area contributed by atoms with Gasteiger partial charge in [0.15, 0.2) is 17.4 Å². The molecule has 5 heteroatoms. The minimum atomic E-state index is 0. The Morgan fingerprint density at radius 1 is 1.20 bits per heavy atom. The average Bonchev–Trinajstić information content (AvgIpc) is 1.00. The SMILES string of the molecule is [AlH3].[B][SiH3].[Ti].[Zn]. The van der Waals surface area contributed by atoms with Gasteiger partial charge in [0, 0.05) is 48.6 Å². The minimum absolute atomic E-state index is 0. The molecule has 5 heavy (non-hydrogen) atoms. The molecule has 0 fully saturated rings. The third-order valence-electron chi connectivity index (χ3n) is 0. The largest absolute Gasteiger partial charge is 0.187 e. The monoisotopic (exact) mass is 184 g/mol. The fraction of sp³-hybridized carbons (Fsp3) is 0. The molecule has 0 unspecified atom stereocenters.